The Kier molecular flexibility index (Phi) is 5.04. The minimum atomic E-state index is -0.804. The molecular weight excluding hydrogens is 262 g/mol. The number of amides is 1. The van der Waals surface area contributed by atoms with Crippen LogP contribution in [0.4, 0.5) is 8.78 Å². The third-order valence-electron chi connectivity index (χ3n) is 2.83. The normalized spacial score (nSPS) is 19.3. The summed E-state index contributed by atoms with van der Waals surface area (Å²) in [5, 5.41) is 3.17. The fourth-order valence-corrected chi connectivity index (χ4v) is 1.98. The van der Waals surface area contributed by atoms with E-state index < -0.39 is 23.1 Å². The molecule has 100 valence electrons. The van der Waals surface area contributed by atoms with E-state index in [0.29, 0.717) is 19.6 Å². The average molecular weight is 277 g/mol. The highest BCUT2D eigenvalue weighted by Gasteiger charge is 2.26. The van der Waals surface area contributed by atoms with Crippen molar-refractivity contribution in [2.75, 3.05) is 19.6 Å². The van der Waals surface area contributed by atoms with E-state index in [4.69, 9.17) is 0 Å². The number of nitrogens with zero attached hydrogens (tertiary/aromatic N) is 1. The Balaban J connectivity index is 0.00000162. The summed E-state index contributed by atoms with van der Waals surface area (Å²) in [5.41, 5.74) is -0.457. The lowest BCUT2D eigenvalue weighted by Gasteiger charge is -2.32. The zero-order chi connectivity index (χ0) is 12.4. The lowest BCUT2D eigenvalue weighted by Crippen LogP contribution is -2.51. The van der Waals surface area contributed by atoms with Crippen molar-refractivity contribution in [1.82, 2.24) is 10.2 Å². The standard InChI is InChI=1S/C12H14F2N2O.ClH/c1-8-7-16(6-5-15-8)12(17)11-9(13)3-2-4-10(11)14;/h2-4,8,15H,5-7H2,1H3;1H. The van der Waals surface area contributed by atoms with Crippen LogP contribution >= 0.6 is 12.4 Å². The average Bonchev–Trinajstić information content (AvgIpc) is 2.28. The molecule has 0 aromatic heterocycles. The molecule has 0 spiro atoms. The van der Waals surface area contributed by atoms with Crippen molar-refractivity contribution >= 4 is 18.3 Å². The van der Waals surface area contributed by atoms with E-state index in [0.717, 1.165) is 12.1 Å². The number of halogens is 3. The molecule has 1 unspecified atom stereocenters. The quantitative estimate of drug-likeness (QED) is 0.849. The molecule has 0 radical (unpaired) electrons. The van der Waals surface area contributed by atoms with Crippen LogP contribution in [0.5, 0.6) is 0 Å². The molecule has 1 aliphatic heterocycles. The van der Waals surface area contributed by atoms with Gasteiger partial charge < -0.3 is 10.2 Å². The number of rotatable bonds is 1. The second kappa shape index (κ2) is 6.11. The van der Waals surface area contributed by atoms with Crippen LogP contribution in [0.15, 0.2) is 18.2 Å². The zero-order valence-electron chi connectivity index (χ0n) is 9.95. The molecular formula is C12H15ClF2N2O. The molecule has 0 aliphatic carbocycles. The minimum Gasteiger partial charge on any atom is -0.336 e. The summed E-state index contributed by atoms with van der Waals surface area (Å²) in [6, 6.07) is 3.59. The van der Waals surface area contributed by atoms with E-state index in [2.05, 4.69) is 5.32 Å². The second-order valence-electron chi connectivity index (χ2n) is 4.20. The molecule has 1 aromatic rings. The van der Waals surface area contributed by atoms with E-state index in [1.54, 1.807) is 0 Å². The summed E-state index contributed by atoms with van der Waals surface area (Å²) in [5.74, 6) is -2.18. The van der Waals surface area contributed by atoms with Crippen molar-refractivity contribution in [3.05, 3.63) is 35.4 Å². The van der Waals surface area contributed by atoms with Gasteiger partial charge >= 0.3 is 0 Å². The number of benzene rings is 1. The Bertz CT molecular complexity index is 422. The van der Waals surface area contributed by atoms with Gasteiger partial charge in [0, 0.05) is 25.7 Å². The molecule has 1 amide bonds. The third-order valence-corrected chi connectivity index (χ3v) is 2.83. The first-order chi connectivity index (χ1) is 8.09. The number of carbonyl (C=O) groups is 1. The molecule has 0 saturated carbocycles. The van der Waals surface area contributed by atoms with Gasteiger partial charge in [-0.15, -0.1) is 12.4 Å². The van der Waals surface area contributed by atoms with Gasteiger partial charge in [-0.05, 0) is 19.1 Å². The first-order valence-corrected chi connectivity index (χ1v) is 5.56. The van der Waals surface area contributed by atoms with Gasteiger partial charge in [0.05, 0.1) is 0 Å². The smallest absolute Gasteiger partial charge is 0.259 e. The summed E-state index contributed by atoms with van der Waals surface area (Å²) < 4.78 is 26.9. The highest BCUT2D eigenvalue weighted by atomic mass is 35.5. The molecule has 1 saturated heterocycles. The summed E-state index contributed by atoms with van der Waals surface area (Å²) in [6.45, 7) is 3.50. The number of piperazine rings is 1. The summed E-state index contributed by atoms with van der Waals surface area (Å²) in [6.07, 6.45) is 0. The highest BCUT2D eigenvalue weighted by molar-refractivity contribution is 5.94. The second-order valence-corrected chi connectivity index (χ2v) is 4.20. The zero-order valence-corrected chi connectivity index (χ0v) is 10.8. The van der Waals surface area contributed by atoms with Crippen molar-refractivity contribution < 1.29 is 13.6 Å². The number of nitrogens with one attached hydrogen (secondary N) is 1. The Morgan fingerprint density at radius 1 is 1.39 bits per heavy atom. The molecule has 1 aliphatic rings. The fourth-order valence-electron chi connectivity index (χ4n) is 1.98. The van der Waals surface area contributed by atoms with Crippen molar-refractivity contribution in [2.24, 2.45) is 0 Å². The van der Waals surface area contributed by atoms with Gasteiger partial charge in [-0.1, -0.05) is 6.07 Å². The number of hydrogen-bond acceptors (Lipinski definition) is 2. The Labute approximate surface area is 111 Å². The molecule has 1 atom stereocenters. The Morgan fingerprint density at radius 2 is 2.00 bits per heavy atom. The van der Waals surface area contributed by atoms with Crippen LogP contribution in [0.3, 0.4) is 0 Å². The van der Waals surface area contributed by atoms with Crippen LogP contribution in [-0.2, 0) is 0 Å². The van der Waals surface area contributed by atoms with E-state index in [9.17, 15) is 13.6 Å². The van der Waals surface area contributed by atoms with Crippen molar-refractivity contribution in [3.8, 4) is 0 Å². The predicted molar refractivity (Wildman–Crippen MR) is 67.0 cm³/mol. The largest absolute Gasteiger partial charge is 0.336 e. The Morgan fingerprint density at radius 3 is 2.56 bits per heavy atom. The van der Waals surface area contributed by atoms with Gasteiger partial charge in [-0.2, -0.15) is 0 Å². The molecule has 1 heterocycles. The maximum absolute atomic E-state index is 13.4. The fraction of sp³-hybridized carbons (Fsp3) is 0.417. The third kappa shape index (κ3) is 2.97. The molecule has 18 heavy (non-hydrogen) atoms. The maximum atomic E-state index is 13.4. The van der Waals surface area contributed by atoms with E-state index in [1.807, 2.05) is 6.92 Å². The van der Waals surface area contributed by atoms with Crippen LogP contribution in [0, 0.1) is 11.6 Å². The summed E-state index contributed by atoms with van der Waals surface area (Å²) >= 11 is 0. The monoisotopic (exact) mass is 276 g/mol. The van der Waals surface area contributed by atoms with Crippen LogP contribution in [0.25, 0.3) is 0 Å². The highest BCUT2D eigenvalue weighted by Crippen LogP contribution is 2.15. The molecule has 6 heteroatoms. The molecule has 0 bridgehead atoms. The number of carbonyl (C=O) groups excluding carboxylic acids is 1. The first kappa shape index (κ1) is 14.9. The van der Waals surface area contributed by atoms with Crippen molar-refractivity contribution in [2.45, 2.75) is 13.0 Å². The van der Waals surface area contributed by atoms with Gasteiger partial charge in [-0.25, -0.2) is 8.78 Å². The maximum Gasteiger partial charge on any atom is 0.259 e. The van der Waals surface area contributed by atoms with Gasteiger partial charge in [-0.3, -0.25) is 4.79 Å². The molecule has 3 nitrogen and oxygen atoms in total. The van der Waals surface area contributed by atoms with Crippen LogP contribution < -0.4 is 5.32 Å². The van der Waals surface area contributed by atoms with Gasteiger partial charge in [0.1, 0.15) is 17.2 Å². The predicted octanol–water partition coefficient (Wildman–Crippen LogP) is 1.82. The number of hydrogen-bond donors (Lipinski definition) is 1. The van der Waals surface area contributed by atoms with Gasteiger partial charge in [0.2, 0.25) is 0 Å². The van der Waals surface area contributed by atoms with Crippen molar-refractivity contribution in [3.63, 3.8) is 0 Å². The summed E-state index contributed by atoms with van der Waals surface area (Å²) in [4.78, 5) is 13.5. The topological polar surface area (TPSA) is 32.3 Å². The van der Waals surface area contributed by atoms with Crippen molar-refractivity contribution in [1.29, 1.82) is 0 Å². The SMILES string of the molecule is CC1CN(C(=O)c2c(F)cccc2F)CCN1.Cl. The minimum absolute atomic E-state index is 0. The summed E-state index contributed by atoms with van der Waals surface area (Å²) in [7, 11) is 0. The molecule has 2 rings (SSSR count). The van der Waals surface area contributed by atoms with Crippen LogP contribution in [0.1, 0.15) is 17.3 Å². The first-order valence-electron chi connectivity index (χ1n) is 5.56. The van der Waals surface area contributed by atoms with E-state index in [1.165, 1.54) is 11.0 Å². The Hall–Kier alpha value is -1.20. The molecule has 1 aromatic carbocycles. The van der Waals surface area contributed by atoms with Crippen LogP contribution in [-0.4, -0.2) is 36.5 Å². The lowest BCUT2D eigenvalue weighted by molar-refractivity contribution is 0.0699. The van der Waals surface area contributed by atoms with Crippen LogP contribution in [0.2, 0.25) is 0 Å². The molecule has 1 fully saturated rings. The van der Waals surface area contributed by atoms with E-state index in [-0.39, 0.29) is 18.4 Å². The van der Waals surface area contributed by atoms with E-state index >= 15 is 0 Å². The van der Waals surface area contributed by atoms with Gasteiger partial charge in [0.15, 0.2) is 0 Å². The lowest BCUT2D eigenvalue weighted by atomic mass is 10.1. The molecule has 1 N–H and O–H groups in total. The van der Waals surface area contributed by atoms with Gasteiger partial charge in [0.25, 0.3) is 5.91 Å².